The second kappa shape index (κ2) is 8.60. The molecule has 2 heteroatoms. The second-order valence-corrected chi connectivity index (χ2v) is 5.16. The number of esters is 1. The Hall–Kier alpha value is -0.530. The van der Waals surface area contributed by atoms with Crippen LogP contribution in [0.25, 0.3) is 0 Å². The van der Waals surface area contributed by atoms with Crippen molar-refractivity contribution in [3.05, 3.63) is 0 Å². The van der Waals surface area contributed by atoms with Crippen molar-refractivity contribution in [1.29, 1.82) is 0 Å². The van der Waals surface area contributed by atoms with Crippen LogP contribution in [-0.4, -0.2) is 12.6 Å². The van der Waals surface area contributed by atoms with Crippen LogP contribution in [0.2, 0.25) is 0 Å². The molecule has 0 unspecified atom stereocenters. The molecular weight excluding hydrogens is 200 g/mol. The molecule has 0 saturated carbocycles. The van der Waals surface area contributed by atoms with Gasteiger partial charge in [0.1, 0.15) is 0 Å². The van der Waals surface area contributed by atoms with Gasteiger partial charge < -0.3 is 4.74 Å². The van der Waals surface area contributed by atoms with Gasteiger partial charge in [0.2, 0.25) is 0 Å². The van der Waals surface area contributed by atoms with Crippen molar-refractivity contribution >= 4 is 5.97 Å². The van der Waals surface area contributed by atoms with Crippen molar-refractivity contribution in [2.75, 3.05) is 6.61 Å². The first-order chi connectivity index (χ1) is 7.79. The monoisotopic (exact) mass is 226 g/mol. The quantitative estimate of drug-likeness (QED) is 0.582. The minimum atomic E-state index is 0.00362. The van der Waals surface area contributed by atoms with Gasteiger partial charge in [-0.15, -0.1) is 0 Å². The fourth-order valence-corrected chi connectivity index (χ4v) is 2.21. The summed E-state index contributed by atoms with van der Waals surface area (Å²) in [6, 6.07) is 0. The summed E-state index contributed by atoms with van der Waals surface area (Å²) in [6.07, 6.45) is 12.0. The van der Waals surface area contributed by atoms with Gasteiger partial charge in [-0.05, 0) is 18.8 Å². The molecule has 0 amide bonds. The van der Waals surface area contributed by atoms with Gasteiger partial charge in [-0.1, -0.05) is 51.9 Å². The zero-order valence-corrected chi connectivity index (χ0v) is 10.7. The summed E-state index contributed by atoms with van der Waals surface area (Å²) >= 11 is 0. The Morgan fingerprint density at radius 1 is 0.938 bits per heavy atom. The zero-order valence-electron chi connectivity index (χ0n) is 10.7. The van der Waals surface area contributed by atoms with Crippen LogP contribution in [0.4, 0.5) is 0 Å². The third kappa shape index (κ3) is 6.86. The summed E-state index contributed by atoms with van der Waals surface area (Å²) in [5, 5.41) is 0. The van der Waals surface area contributed by atoms with Crippen molar-refractivity contribution < 1.29 is 9.53 Å². The normalized spacial score (nSPS) is 26.8. The fraction of sp³-hybridized carbons (Fsp3) is 0.929. The molecule has 0 aromatic heterocycles. The predicted octanol–water partition coefficient (Wildman–Crippen LogP) is 4.08. The molecule has 1 fully saturated rings. The first-order valence-electron chi connectivity index (χ1n) is 6.94. The van der Waals surface area contributed by atoms with E-state index in [9.17, 15) is 4.79 Å². The van der Waals surface area contributed by atoms with E-state index in [1.807, 2.05) is 0 Å². The van der Waals surface area contributed by atoms with Crippen LogP contribution in [-0.2, 0) is 9.53 Å². The Labute approximate surface area is 99.8 Å². The molecule has 0 aliphatic carbocycles. The SMILES string of the molecule is C[C@@H]1CCCCCCCCCCC(=O)OC1. The number of ether oxygens (including phenoxy) is 1. The number of carbonyl (C=O) groups is 1. The Morgan fingerprint density at radius 2 is 1.50 bits per heavy atom. The lowest BCUT2D eigenvalue weighted by Gasteiger charge is -2.12. The van der Waals surface area contributed by atoms with Crippen molar-refractivity contribution in [2.45, 2.75) is 71.1 Å². The molecule has 0 radical (unpaired) electrons. The van der Waals surface area contributed by atoms with Crippen LogP contribution in [0, 0.1) is 5.92 Å². The Balaban J connectivity index is 2.23. The van der Waals surface area contributed by atoms with Gasteiger partial charge in [0.25, 0.3) is 0 Å². The van der Waals surface area contributed by atoms with Crippen LogP contribution < -0.4 is 0 Å². The maximum absolute atomic E-state index is 11.4. The molecule has 1 aliphatic heterocycles. The van der Waals surface area contributed by atoms with Gasteiger partial charge in [0, 0.05) is 6.42 Å². The van der Waals surface area contributed by atoms with Crippen molar-refractivity contribution in [3.63, 3.8) is 0 Å². The maximum Gasteiger partial charge on any atom is 0.305 e. The number of rotatable bonds is 0. The summed E-state index contributed by atoms with van der Waals surface area (Å²) < 4.78 is 5.26. The third-order valence-corrected chi connectivity index (χ3v) is 3.36. The van der Waals surface area contributed by atoms with E-state index in [0.717, 1.165) is 6.42 Å². The summed E-state index contributed by atoms with van der Waals surface area (Å²) in [4.78, 5) is 11.4. The largest absolute Gasteiger partial charge is 0.465 e. The van der Waals surface area contributed by atoms with E-state index in [1.54, 1.807) is 0 Å². The molecule has 0 aromatic rings. The zero-order chi connectivity index (χ0) is 11.6. The molecular formula is C14H26O2. The van der Waals surface area contributed by atoms with Crippen molar-refractivity contribution in [1.82, 2.24) is 0 Å². The van der Waals surface area contributed by atoms with Crippen LogP contribution >= 0.6 is 0 Å². The van der Waals surface area contributed by atoms with Crippen molar-refractivity contribution in [3.8, 4) is 0 Å². The van der Waals surface area contributed by atoms with Crippen LogP contribution in [0.5, 0.6) is 0 Å². The molecule has 16 heavy (non-hydrogen) atoms. The molecule has 0 bridgehead atoms. The van der Waals surface area contributed by atoms with E-state index in [1.165, 1.54) is 51.4 Å². The van der Waals surface area contributed by atoms with Gasteiger partial charge in [-0.3, -0.25) is 4.79 Å². The highest BCUT2D eigenvalue weighted by molar-refractivity contribution is 5.69. The Bertz CT molecular complexity index is 189. The standard InChI is InChI=1S/C14H26O2/c1-13-10-8-6-4-2-3-5-7-9-11-14(15)16-12-13/h13H,2-12H2,1H3/t13-/m1/s1. The number of hydrogen-bond donors (Lipinski definition) is 0. The number of cyclic esters (lactones) is 1. The number of hydrogen-bond acceptors (Lipinski definition) is 2. The molecule has 2 nitrogen and oxygen atoms in total. The molecule has 0 spiro atoms. The molecule has 1 heterocycles. The van der Waals surface area contributed by atoms with Crippen LogP contribution in [0.3, 0.4) is 0 Å². The Morgan fingerprint density at radius 3 is 2.19 bits per heavy atom. The minimum Gasteiger partial charge on any atom is -0.465 e. The van der Waals surface area contributed by atoms with E-state index in [4.69, 9.17) is 4.74 Å². The lowest BCUT2D eigenvalue weighted by Crippen LogP contribution is -2.12. The molecule has 0 aromatic carbocycles. The summed E-state index contributed by atoms with van der Waals surface area (Å²) in [6.45, 7) is 2.80. The van der Waals surface area contributed by atoms with Gasteiger partial charge in [-0.25, -0.2) is 0 Å². The topological polar surface area (TPSA) is 26.3 Å². The molecule has 1 aliphatic rings. The highest BCUT2D eigenvalue weighted by Crippen LogP contribution is 2.15. The van der Waals surface area contributed by atoms with E-state index < -0.39 is 0 Å². The lowest BCUT2D eigenvalue weighted by molar-refractivity contribution is -0.145. The summed E-state index contributed by atoms with van der Waals surface area (Å²) in [5.41, 5.74) is 0. The molecule has 0 N–H and O–H groups in total. The van der Waals surface area contributed by atoms with E-state index in [-0.39, 0.29) is 5.97 Å². The number of carbonyl (C=O) groups excluding carboxylic acids is 1. The average Bonchev–Trinajstić information content (AvgIpc) is 2.28. The van der Waals surface area contributed by atoms with Gasteiger partial charge >= 0.3 is 5.97 Å². The highest BCUT2D eigenvalue weighted by Gasteiger charge is 2.08. The average molecular weight is 226 g/mol. The fourth-order valence-electron chi connectivity index (χ4n) is 2.21. The first kappa shape index (κ1) is 13.5. The van der Waals surface area contributed by atoms with E-state index in [0.29, 0.717) is 18.9 Å². The van der Waals surface area contributed by atoms with Gasteiger partial charge in [-0.2, -0.15) is 0 Å². The van der Waals surface area contributed by atoms with Crippen molar-refractivity contribution in [2.24, 2.45) is 5.92 Å². The van der Waals surface area contributed by atoms with Gasteiger partial charge in [0.15, 0.2) is 0 Å². The highest BCUT2D eigenvalue weighted by atomic mass is 16.5. The molecule has 1 saturated heterocycles. The minimum absolute atomic E-state index is 0.00362. The molecule has 1 atom stereocenters. The molecule has 94 valence electrons. The summed E-state index contributed by atoms with van der Waals surface area (Å²) in [5.74, 6) is 0.538. The van der Waals surface area contributed by atoms with E-state index >= 15 is 0 Å². The smallest absolute Gasteiger partial charge is 0.305 e. The van der Waals surface area contributed by atoms with Gasteiger partial charge in [0.05, 0.1) is 6.61 Å². The van der Waals surface area contributed by atoms with Crippen LogP contribution in [0.1, 0.15) is 71.1 Å². The van der Waals surface area contributed by atoms with Crippen LogP contribution in [0.15, 0.2) is 0 Å². The lowest BCUT2D eigenvalue weighted by atomic mass is 10.0. The van der Waals surface area contributed by atoms with E-state index in [2.05, 4.69) is 6.92 Å². The second-order valence-electron chi connectivity index (χ2n) is 5.16. The third-order valence-electron chi connectivity index (χ3n) is 3.36. The summed E-state index contributed by atoms with van der Waals surface area (Å²) in [7, 11) is 0. The maximum atomic E-state index is 11.4. The first-order valence-corrected chi connectivity index (χ1v) is 6.94. The Kier molecular flexibility index (Phi) is 7.28. The predicted molar refractivity (Wildman–Crippen MR) is 66.3 cm³/mol. The molecule has 1 rings (SSSR count).